The predicted molar refractivity (Wildman–Crippen MR) is 122 cm³/mol. The Morgan fingerprint density at radius 1 is 1.00 bits per heavy atom. The van der Waals surface area contributed by atoms with Crippen LogP contribution in [0.15, 0.2) is 79.1 Å². The number of aromatic nitrogens is 4. The van der Waals surface area contributed by atoms with E-state index in [1.54, 1.807) is 12.3 Å². The van der Waals surface area contributed by atoms with Crippen molar-refractivity contribution in [3.8, 4) is 11.4 Å². The van der Waals surface area contributed by atoms with Crippen molar-refractivity contribution in [3.05, 3.63) is 102 Å². The molecule has 31 heavy (non-hydrogen) atoms. The number of aryl methyl sites for hydroxylation is 1. The van der Waals surface area contributed by atoms with E-state index in [-0.39, 0.29) is 5.91 Å². The molecule has 0 radical (unpaired) electrons. The zero-order valence-electron chi connectivity index (χ0n) is 17.7. The lowest BCUT2D eigenvalue weighted by molar-refractivity contribution is -0.116. The Balaban J connectivity index is 1.32. The van der Waals surface area contributed by atoms with E-state index >= 15 is 0 Å². The fourth-order valence-electron chi connectivity index (χ4n) is 3.50. The maximum Gasteiger partial charge on any atom is 0.244 e. The molecule has 0 saturated carbocycles. The van der Waals surface area contributed by atoms with Crippen LogP contribution >= 0.6 is 0 Å². The molecule has 0 fully saturated rings. The van der Waals surface area contributed by atoms with Crippen LogP contribution < -0.4 is 5.32 Å². The van der Waals surface area contributed by atoms with E-state index in [0.29, 0.717) is 6.54 Å². The summed E-state index contributed by atoms with van der Waals surface area (Å²) in [5, 5.41) is 11.8. The van der Waals surface area contributed by atoms with Crippen molar-refractivity contribution in [1.29, 1.82) is 0 Å². The van der Waals surface area contributed by atoms with Crippen molar-refractivity contribution in [2.24, 2.45) is 0 Å². The molecule has 0 bridgehead atoms. The van der Waals surface area contributed by atoms with Gasteiger partial charge < -0.3 is 5.32 Å². The Hall–Kier alpha value is -3.93. The summed E-state index contributed by atoms with van der Waals surface area (Å²) >= 11 is 0. The summed E-state index contributed by atoms with van der Waals surface area (Å²) in [5.74, 6) is -0.112. The standard InChI is InChI=1S/C25H25N5O/c1-19-24(20(2)30(28-19)23-7-4-3-5-8-23)13-14-25(31)26-17-15-21-9-11-22(12-10-21)29-18-6-16-27-29/h3-14,16,18H,15,17H2,1-2H3,(H,26,31)/b14-13+. The van der Waals surface area contributed by atoms with Crippen LogP contribution in [0.3, 0.4) is 0 Å². The molecule has 0 spiro atoms. The van der Waals surface area contributed by atoms with Crippen molar-refractivity contribution >= 4 is 12.0 Å². The summed E-state index contributed by atoms with van der Waals surface area (Å²) in [6.07, 6.45) is 7.85. The largest absolute Gasteiger partial charge is 0.352 e. The molecule has 2 aromatic heterocycles. The first kappa shape index (κ1) is 20.3. The molecule has 1 amide bonds. The van der Waals surface area contributed by atoms with Gasteiger partial charge in [-0.2, -0.15) is 10.2 Å². The molecular formula is C25H25N5O. The first-order valence-corrected chi connectivity index (χ1v) is 10.3. The minimum atomic E-state index is -0.112. The SMILES string of the molecule is Cc1nn(-c2ccccc2)c(C)c1/C=C/C(=O)NCCc1ccc(-n2cccn2)cc1. The fourth-order valence-corrected chi connectivity index (χ4v) is 3.50. The lowest BCUT2D eigenvalue weighted by atomic mass is 10.1. The van der Waals surface area contributed by atoms with Gasteiger partial charge in [-0.1, -0.05) is 30.3 Å². The molecule has 1 N–H and O–H groups in total. The van der Waals surface area contributed by atoms with Crippen molar-refractivity contribution < 1.29 is 4.79 Å². The van der Waals surface area contributed by atoms with Crippen LogP contribution in [0, 0.1) is 13.8 Å². The van der Waals surface area contributed by atoms with Gasteiger partial charge in [-0.15, -0.1) is 0 Å². The van der Waals surface area contributed by atoms with E-state index in [1.165, 1.54) is 0 Å². The summed E-state index contributed by atoms with van der Waals surface area (Å²) in [6, 6.07) is 20.1. The number of nitrogens with zero attached hydrogens (tertiary/aromatic N) is 4. The molecule has 0 aliphatic heterocycles. The van der Waals surface area contributed by atoms with Gasteiger partial charge in [0.05, 0.1) is 17.1 Å². The van der Waals surface area contributed by atoms with Crippen molar-refractivity contribution in [1.82, 2.24) is 24.9 Å². The smallest absolute Gasteiger partial charge is 0.244 e. The van der Waals surface area contributed by atoms with Crippen LogP contribution in [0.4, 0.5) is 0 Å². The molecule has 4 aromatic rings. The van der Waals surface area contributed by atoms with Crippen LogP contribution in [-0.2, 0) is 11.2 Å². The van der Waals surface area contributed by atoms with Crippen molar-refractivity contribution in [2.45, 2.75) is 20.3 Å². The molecule has 0 saturated heterocycles. The van der Waals surface area contributed by atoms with Gasteiger partial charge >= 0.3 is 0 Å². The van der Waals surface area contributed by atoms with Gasteiger partial charge in [0.15, 0.2) is 0 Å². The van der Waals surface area contributed by atoms with Gasteiger partial charge in [0, 0.05) is 36.3 Å². The third kappa shape index (κ3) is 4.80. The molecule has 2 aromatic carbocycles. The molecule has 0 unspecified atom stereocenters. The zero-order valence-corrected chi connectivity index (χ0v) is 17.7. The molecule has 6 heteroatoms. The first-order valence-electron chi connectivity index (χ1n) is 10.3. The molecule has 2 heterocycles. The lowest BCUT2D eigenvalue weighted by Gasteiger charge is -2.05. The third-order valence-corrected chi connectivity index (χ3v) is 5.17. The highest BCUT2D eigenvalue weighted by Crippen LogP contribution is 2.19. The van der Waals surface area contributed by atoms with Gasteiger partial charge in [-0.3, -0.25) is 4.79 Å². The third-order valence-electron chi connectivity index (χ3n) is 5.17. The summed E-state index contributed by atoms with van der Waals surface area (Å²) < 4.78 is 3.72. The first-order chi connectivity index (χ1) is 15.1. The highest BCUT2D eigenvalue weighted by atomic mass is 16.1. The number of carbonyl (C=O) groups is 1. The van der Waals surface area contributed by atoms with E-state index in [2.05, 4.69) is 27.6 Å². The van der Waals surface area contributed by atoms with Crippen LogP contribution in [-0.4, -0.2) is 32.0 Å². The number of nitrogens with one attached hydrogen (secondary N) is 1. The maximum atomic E-state index is 12.3. The lowest BCUT2D eigenvalue weighted by Crippen LogP contribution is -2.23. The molecule has 0 aliphatic carbocycles. The number of amides is 1. The highest BCUT2D eigenvalue weighted by molar-refractivity contribution is 5.92. The monoisotopic (exact) mass is 411 g/mol. The average Bonchev–Trinajstić information content (AvgIpc) is 3.42. The van der Waals surface area contributed by atoms with Crippen LogP contribution in [0.5, 0.6) is 0 Å². The summed E-state index contributed by atoms with van der Waals surface area (Å²) in [4.78, 5) is 12.3. The molecule has 6 nitrogen and oxygen atoms in total. The Labute approximate surface area is 181 Å². The Kier molecular flexibility index (Phi) is 6.08. The van der Waals surface area contributed by atoms with Crippen molar-refractivity contribution in [2.75, 3.05) is 6.54 Å². The Morgan fingerprint density at radius 3 is 2.48 bits per heavy atom. The second-order valence-corrected chi connectivity index (χ2v) is 7.32. The minimum Gasteiger partial charge on any atom is -0.352 e. The second kappa shape index (κ2) is 9.26. The molecule has 156 valence electrons. The number of hydrogen-bond acceptors (Lipinski definition) is 3. The van der Waals surface area contributed by atoms with Crippen LogP contribution in [0.2, 0.25) is 0 Å². The molecule has 0 aliphatic rings. The van der Waals surface area contributed by atoms with Crippen LogP contribution in [0.25, 0.3) is 17.5 Å². The summed E-state index contributed by atoms with van der Waals surface area (Å²) in [5.41, 5.74) is 6.05. The molecular weight excluding hydrogens is 386 g/mol. The van der Waals surface area contributed by atoms with E-state index in [0.717, 1.165) is 40.3 Å². The van der Waals surface area contributed by atoms with Gasteiger partial charge in [0.25, 0.3) is 0 Å². The van der Waals surface area contributed by atoms with Crippen molar-refractivity contribution in [3.63, 3.8) is 0 Å². The number of hydrogen-bond donors (Lipinski definition) is 1. The van der Waals surface area contributed by atoms with E-state index in [1.807, 2.05) is 84.0 Å². The van der Waals surface area contributed by atoms with E-state index < -0.39 is 0 Å². The quantitative estimate of drug-likeness (QED) is 0.467. The van der Waals surface area contributed by atoms with E-state index in [9.17, 15) is 4.79 Å². The second-order valence-electron chi connectivity index (χ2n) is 7.32. The maximum absolute atomic E-state index is 12.3. The average molecular weight is 412 g/mol. The number of rotatable bonds is 7. The van der Waals surface area contributed by atoms with Gasteiger partial charge in [-0.25, -0.2) is 9.36 Å². The number of carbonyl (C=O) groups excluding carboxylic acids is 1. The highest BCUT2D eigenvalue weighted by Gasteiger charge is 2.10. The molecule has 4 rings (SSSR count). The van der Waals surface area contributed by atoms with Crippen LogP contribution in [0.1, 0.15) is 22.5 Å². The number of benzene rings is 2. The van der Waals surface area contributed by atoms with E-state index in [4.69, 9.17) is 0 Å². The summed E-state index contributed by atoms with van der Waals surface area (Å²) in [6.45, 7) is 4.54. The topological polar surface area (TPSA) is 64.7 Å². The normalized spacial score (nSPS) is 11.2. The Bertz CT molecular complexity index is 1170. The predicted octanol–water partition coefficient (Wildman–Crippen LogP) is 4.05. The fraction of sp³-hybridized carbons (Fsp3) is 0.160. The van der Waals surface area contributed by atoms with Gasteiger partial charge in [-0.05, 0) is 62.2 Å². The summed E-state index contributed by atoms with van der Waals surface area (Å²) in [7, 11) is 0. The Morgan fingerprint density at radius 2 is 1.77 bits per heavy atom. The van der Waals surface area contributed by atoms with Gasteiger partial charge in [0.2, 0.25) is 5.91 Å². The minimum absolute atomic E-state index is 0.112. The zero-order chi connectivity index (χ0) is 21.6. The number of para-hydroxylation sites is 1. The molecule has 0 atom stereocenters. The van der Waals surface area contributed by atoms with Gasteiger partial charge in [0.1, 0.15) is 0 Å².